The number of benzene rings is 2. The van der Waals surface area contributed by atoms with Gasteiger partial charge in [-0.3, -0.25) is 4.79 Å². The number of hydrogen-bond donors (Lipinski definition) is 1. The summed E-state index contributed by atoms with van der Waals surface area (Å²) in [5.41, 5.74) is 1.76. The van der Waals surface area contributed by atoms with Gasteiger partial charge in [0, 0.05) is 18.7 Å². The molecule has 1 unspecified atom stereocenters. The third-order valence-corrected chi connectivity index (χ3v) is 6.78. The zero-order valence-corrected chi connectivity index (χ0v) is 18.7. The Morgan fingerprint density at radius 1 is 1.13 bits per heavy atom. The van der Waals surface area contributed by atoms with Gasteiger partial charge in [-0.1, -0.05) is 36.4 Å². The lowest BCUT2D eigenvalue weighted by molar-refractivity contribution is -0.149. The third-order valence-electron chi connectivity index (χ3n) is 5.38. The average Bonchev–Trinajstić information content (AvgIpc) is 2.78. The Kier molecular flexibility index (Phi) is 7.46. The molecule has 0 bridgehead atoms. The van der Waals surface area contributed by atoms with E-state index in [2.05, 4.69) is 4.72 Å². The fourth-order valence-corrected chi connectivity index (χ4v) is 4.71. The SMILES string of the molecule is CCOC(=O)C1CCCCN1C(=O)c1cc(S(=O)(=O)NCc2ccccc2)ccc1C. The Hall–Kier alpha value is -2.71. The highest BCUT2D eigenvalue weighted by molar-refractivity contribution is 7.89. The van der Waals surface area contributed by atoms with Crippen molar-refractivity contribution in [2.45, 2.75) is 50.6 Å². The lowest BCUT2D eigenvalue weighted by Crippen LogP contribution is -2.48. The van der Waals surface area contributed by atoms with E-state index in [0.717, 1.165) is 18.4 Å². The normalized spacial score (nSPS) is 16.7. The van der Waals surface area contributed by atoms with Crippen LogP contribution in [0, 0.1) is 6.92 Å². The van der Waals surface area contributed by atoms with Crippen LogP contribution in [0.25, 0.3) is 0 Å². The van der Waals surface area contributed by atoms with Crippen LogP contribution in [0.1, 0.15) is 47.7 Å². The van der Waals surface area contributed by atoms with E-state index in [1.165, 1.54) is 17.0 Å². The van der Waals surface area contributed by atoms with Gasteiger partial charge in [0.05, 0.1) is 11.5 Å². The molecule has 7 nitrogen and oxygen atoms in total. The van der Waals surface area contributed by atoms with Gasteiger partial charge in [-0.05, 0) is 56.4 Å². The Morgan fingerprint density at radius 2 is 1.87 bits per heavy atom. The molecule has 0 spiro atoms. The molecule has 1 N–H and O–H groups in total. The largest absolute Gasteiger partial charge is 0.464 e. The van der Waals surface area contributed by atoms with Gasteiger partial charge in [0.25, 0.3) is 5.91 Å². The number of carbonyl (C=O) groups is 2. The second-order valence-corrected chi connectivity index (χ2v) is 9.32. The topological polar surface area (TPSA) is 92.8 Å². The van der Waals surface area contributed by atoms with Crippen LogP contribution in [-0.2, 0) is 26.1 Å². The number of amides is 1. The summed E-state index contributed by atoms with van der Waals surface area (Å²) in [6.07, 6.45) is 2.17. The number of esters is 1. The van der Waals surface area contributed by atoms with E-state index >= 15 is 0 Å². The van der Waals surface area contributed by atoms with Crippen molar-refractivity contribution in [3.8, 4) is 0 Å². The quantitative estimate of drug-likeness (QED) is 0.663. The molecule has 166 valence electrons. The fourth-order valence-electron chi connectivity index (χ4n) is 3.67. The molecule has 1 fully saturated rings. The van der Waals surface area contributed by atoms with Crippen LogP contribution >= 0.6 is 0 Å². The number of likely N-dealkylation sites (tertiary alicyclic amines) is 1. The molecule has 0 radical (unpaired) electrons. The highest BCUT2D eigenvalue weighted by Crippen LogP contribution is 2.24. The van der Waals surface area contributed by atoms with Crippen molar-refractivity contribution in [1.82, 2.24) is 9.62 Å². The lowest BCUT2D eigenvalue weighted by Gasteiger charge is -2.34. The summed E-state index contributed by atoms with van der Waals surface area (Å²) in [4.78, 5) is 27.2. The smallest absolute Gasteiger partial charge is 0.328 e. The molecule has 0 aliphatic carbocycles. The molecular weight excluding hydrogens is 416 g/mol. The Morgan fingerprint density at radius 3 is 2.58 bits per heavy atom. The monoisotopic (exact) mass is 444 g/mol. The molecule has 2 aromatic rings. The predicted molar refractivity (Wildman–Crippen MR) is 117 cm³/mol. The minimum absolute atomic E-state index is 0.0158. The summed E-state index contributed by atoms with van der Waals surface area (Å²) in [6, 6.07) is 13.1. The minimum Gasteiger partial charge on any atom is -0.464 e. The number of nitrogens with zero attached hydrogens (tertiary/aromatic N) is 1. The van der Waals surface area contributed by atoms with Gasteiger partial charge in [-0.25, -0.2) is 17.9 Å². The molecule has 1 aliphatic rings. The number of rotatable bonds is 7. The molecule has 1 aliphatic heterocycles. The van der Waals surface area contributed by atoms with E-state index in [-0.39, 0.29) is 29.5 Å². The lowest BCUT2D eigenvalue weighted by atomic mass is 9.99. The van der Waals surface area contributed by atoms with Gasteiger partial charge in [-0.15, -0.1) is 0 Å². The molecule has 31 heavy (non-hydrogen) atoms. The van der Waals surface area contributed by atoms with Gasteiger partial charge in [0.1, 0.15) is 6.04 Å². The van der Waals surface area contributed by atoms with Gasteiger partial charge in [0.2, 0.25) is 10.0 Å². The van der Waals surface area contributed by atoms with Gasteiger partial charge in [-0.2, -0.15) is 0 Å². The van der Waals surface area contributed by atoms with Gasteiger partial charge < -0.3 is 9.64 Å². The van der Waals surface area contributed by atoms with Crippen molar-refractivity contribution >= 4 is 21.9 Å². The number of aryl methyl sites for hydroxylation is 1. The molecule has 8 heteroatoms. The molecule has 1 saturated heterocycles. The zero-order valence-electron chi connectivity index (χ0n) is 17.8. The Bertz CT molecular complexity index is 1040. The third kappa shape index (κ3) is 5.51. The Labute approximate surface area is 183 Å². The summed E-state index contributed by atoms with van der Waals surface area (Å²) in [5.74, 6) is -0.767. The number of ether oxygens (including phenoxy) is 1. The standard InChI is InChI=1S/C23H28N2O5S/c1-3-30-23(27)21-11-7-8-14-25(21)22(26)20-15-19(13-12-17(20)2)31(28,29)24-16-18-9-5-4-6-10-18/h4-6,9-10,12-13,15,21,24H,3,7-8,11,14,16H2,1-2H3. The molecular formula is C23H28N2O5S. The second kappa shape index (κ2) is 10.1. The maximum absolute atomic E-state index is 13.3. The molecule has 0 saturated carbocycles. The van der Waals surface area contributed by atoms with Crippen molar-refractivity contribution in [2.24, 2.45) is 0 Å². The maximum Gasteiger partial charge on any atom is 0.328 e. The van der Waals surface area contributed by atoms with Crippen molar-refractivity contribution in [1.29, 1.82) is 0 Å². The van der Waals surface area contributed by atoms with E-state index in [1.54, 1.807) is 19.9 Å². The summed E-state index contributed by atoms with van der Waals surface area (Å²) < 4.78 is 33.3. The number of carbonyl (C=O) groups excluding carboxylic acids is 2. The van der Waals surface area contributed by atoms with Crippen LogP contribution in [0.15, 0.2) is 53.4 Å². The van der Waals surface area contributed by atoms with Crippen molar-refractivity contribution in [2.75, 3.05) is 13.2 Å². The van der Waals surface area contributed by atoms with E-state index in [9.17, 15) is 18.0 Å². The number of piperidine rings is 1. The molecule has 0 aromatic heterocycles. The number of hydrogen-bond acceptors (Lipinski definition) is 5. The first-order chi connectivity index (χ1) is 14.8. The van der Waals surface area contributed by atoms with Crippen LogP contribution < -0.4 is 4.72 Å². The average molecular weight is 445 g/mol. The minimum atomic E-state index is -3.81. The molecule has 1 atom stereocenters. The summed E-state index contributed by atoms with van der Waals surface area (Å²) in [7, 11) is -3.81. The van der Waals surface area contributed by atoms with Crippen LogP contribution in [0.5, 0.6) is 0 Å². The highest BCUT2D eigenvalue weighted by Gasteiger charge is 2.34. The first kappa shape index (κ1) is 23.0. The Balaban J connectivity index is 1.84. The van der Waals surface area contributed by atoms with Gasteiger partial charge in [0.15, 0.2) is 0 Å². The predicted octanol–water partition coefficient (Wildman–Crippen LogP) is 3.03. The van der Waals surface area contributed by atoms with Crippen LogP contribution in [0.3, 0.4) is 0 Å². The number of sulfonamides is 1. The molecule has 2 aromatic carbocycles. The van der Waals surface area contributed by atoms with Crippen LogP contribution in [0.2, 0.25) is 0 Å². The van der Waals surface area contributed by atoms with Crippen molar-refractivity contribution in [3.63, 3.8) is 0 Å². The molecule has 3 rings (SSSR count). The number of nitrogens with one attached hydrogen (secondary N) is 1. The van der Waals surface area contributed by atoms with E-state index in [4.69, 9.17) is 4.74 Å². The first-order valence-electron chi connectivity index (χ1n) is 10.5. The van der Waals surface area contributed by atoms with E-state index < -0.39 is 22.0 Å². The molecule has 1 amide bonds. The first-order valence-corrected chi connectivity index (χ1v) is 11.9. The zero-order chi connectivity index (χ0) is 22.4. The molecule has 1 heterocycles. The fraction of sp³-hybridized carbons (Fsp3) is 0.391. The van der Waals surface area contributed by atoms with Crippen molar-refractivity contribution < 1.29 is 22.7 Å². The summed E-state index contributed by atoms with van der Waals surface area (Å²) >= 11 is 0. The summed E-state index contributed by atoms with van der Waals surface area (Å²) in [5, 5.41) is 0. The highest BCUT2D eigenvalue weighted by atomic mass is 32.2. The summed E-state index contributed by atoms with van der Waals surface area (Å²) in [6.45, 7) is 4.32. The van der Waals surface area contributed by atoms with E-state index in [0.29, 0.717) is 18.5 Å². The van der Waals surface area contributed by atoms with Gasteiger partial charge >= 0.3 is 5.97 Å². The van der Waals surface area contributed by atoms with Crippen LogP contribution in [0.4, 0.5) is 0 Å². The maximum atomic E-state index is 13.3. The second-order valence-electron chi connectivity index (χ2n) is 7.55. The van der Waals surface area contributed by atoms with E-state index in [1.807, 2.05) is 30.3 Å². The van der Waals surface area contributed by atoms with Crippen molar-refractivity contribution in [3.05, 3.63) is 65.2 Å². The van der Waals surface area contributed by atoms with Crippen LogP contribution in [-0.4, -0.2) is 44.4 Å².